The molecule has 0 atom stereocenters. The summed E-state index contributed by atoms with van der Waals surface area (Å²) >= 11 is 0. The summed E-state index contributed by atoms with van der Waals surface area (Å²) < 4.78 is 6.44. The zero-order chi connectivity index (χ0) is 19.2. The van der Waals surface area contributed by atoms with Crippen molar-refractivity contribution in [1.29, 1.82) is 0 Å². The molecule has 2 heterocycles. The van der Waals surface area contributed by atoms with Gasteiger partial charge in [0, 0.05) is 18.8 Å². The molecule has 0 spiro atoms. The van der Waals surface area contributed by atoms with Gasteiger partial charge < -0.3 is 14.9 Å². The molecular weight excluding hydrogens is 344 g/mol. The first-order chi connectivity index (χ1) is 13.1. The van der Waals surface area contributed by atoms with E-state index in [2.05, 4.69) is 22.2 Å². The second-order valence-electron chi connectivity index (χ2n) is 6.23. The second kappa shape index (κ2) is 8.53. The predicted octanol–water partition coefficient (Wildman–Crippen LogP) is 2.95. The van der Waals surface area contributed by atoms with E-state index in [4.69, 9.17) is 9.57 Å². The van der Waals surface area contributed by atoms with Gasteiger partial charge in [0.1, 0.15) is 18.2 Å². The summed E-state index contributed by atoms with van der Waals surface area (Å²) in [7, 11) is 1.64. The monoisotopic (exact) mass is 368 g/mol. The van der Waals surface area contributed by atoms with Gasteiger partial charge in [0.25, 0.3) is 5.56 Å². The van der Waals surface area contributed by atoms with E-state index in [-0.39, 0.29) is 5.56 Å². The quantitative estimate of drug-likeness (QED) is 0.616. The maximum atomic E-state index is 12.6. The first-order valence-electron chi connectivity index (χ1n) is 9.02. The number of benzene rings is 1. The fraction of sp³-hybridized carbons (Fsp3) is 0.350. The van der Waals surface area contributed by atoms with Crippen LogP contribution in [0.2, 0.25) is 0 Å². The summed E-state index contributed by atoms with van der Waals surface area (Å²) in [5, 5.41) is 4.05. The Morgan fingerprint density at radius 2 is 2.00 bits per heavy atom. The van der Waals surface area contributed by atoms with Gasteiger partial charge in [-0.05, 0) is 31.0 Å². The summed E-state index contributed by atoms with van der Waals surface area (Å²) in [5.41, 5.74) is 1.97. The molecule has 3 aromatic rings. The zero-order valence-electron chi connectivity index (χ0n) is 15.9. The lowest BCUT2D eigenvalue weighted by atomic mass is 10.2. The zero-order valence-corrected chi connectivity index (χ0v) is 15.9. The fourth-order valence-electron chi connectivity index (χ4n) is 2.68. The number of hydrogen-bond acceptors (Lipinski definition) is 6. The minimum atomic E-state index is -0.256. The lowest BCUT2D eigenvalue weighted by molar-refractivity contribution is 0.108. The van der Waals surface area contributed by atoms with Gasteiger partial charge in [-0.25, -0.2) is 9.97 Å². The van der Waals surface area contributed by atoms with Gasteiger partial charge >= 0.3 is 0 Å². The standard InChI is InChI=1S/C20H24N4O3/c1-4-5-10-27-24-19(25)11-18(17-13-21-14(2)23-20(17)24)22-12-15-6-8-16(26-3)9-7-15/h6-9,11,13,22H,4-5,10,12H2,1-3H3. The van der Waals surface area contributed by atoms with Crippen molar-refractivity contribution in [2.45, 2.75) is 33.2 Å². The SMILES string of the molecule is CCCCOn1c(=O)cc(NCc2ccc(OC)cc2)c2cnc(C)nc21. The molecule has 7 nitrogen and oxygen atoms in total. The molecule has 1 aromatic carbocycles. The number of ether oxygens (including phenoxy) is 1. The van der Waals surface area contributed by atoms with Crippen LogP contribution in [0.25, 0.3) is 11.0 Å². The average molecular weight is 368 g/mol. The van der Waals surface area contributed by atoms with Crippen LogP contribution in [0.15, 0.2) is 41.3 Å². The molecule has 0 aliphatic carbocycles. The minimum absolute atomic E-state index is 0.256. The Kier molecular flexibility index (Phi) is 5.90. The molecule has 3 rings (SSSR count). The molecule has 0 aliphatic rings. The summed E-state index contributed by atoms with van der Waals surface area (Å²) in [5.74, 6) is 1.39. The minimum Gasteiger partial charge on any atom is -0.497 e. The molecular formula is C20H24N4O3. The number of nitrogens with zero attached hydrogens (tertiary/aromatic N) is 3. The highest BCUT2D eigenvalue weighted by molar-refractivity contribution is 5.88. The molecule has 142 valence electrons. The van der Waals surface area contributed by atoms with Crippen molar-refractivity contribution in [3.05, 3.63) is 58.3 Å². The largest absolute Gasteiger partial charge is 0.497 e. The maximum Gasteiger partial charge on any atom is 0.287 e. The number of unbranched alkanes of at least 4 members (excludes halogenated alkanes) is 1. The molecule has 0 saturated heterocycles. The molecule has 0 radical (unpaired) electrons. The van der Waals surface area contributed by atoms with Crippen molar-refractivity contribution in [2.24, 2.45) is 0 Å². The molecule has 0 aliphatic heterocycles. The van der Waals surface area contributed by atoms with E-state index in [1.807, 2.05) is 24.3 Å². The Morgan fingerprint density at radius 3 is 2.70 bits per heavy atom. The summed E-state index contributed by atoms with van der Waals surface area (Å²) in [6, 6.07) is 9.28. The highest BCUT2D eigenvalue weighted by Gasteiger charge is 2.12. The van der Waals surface area contributed by atoms with Crippen LogP contribution < -0.4 is 20.5 Å². The number of aryl methyl sites for hydroxylation is 1. The normalized spacial score (nSPS) is 10.8. The molecule has 0 bridgehead atoms. The average Bonchev–Trinajstić information content (AvgIpc) is 2.68. The second-order valence-corrected chi connectivity index (χ2v) is 6.23. The van der Waals surface area contributed by atoms with E-state index in [1.165, 1.54) is 10.8 Å². The molecule has 0 saturated carbocycles. The molecule has 1 N–H and O–H groups in total. The van der Waals surface area contributed by atoms with Crippen molar-refractivity contribution in [2.75, 3.05) is 19.0 Å². The van der Waals surface area contributed by atoms with Gasteiger partial charge in [-0.1, -0.05) is 25.5 Å². The molecule has 2 aromatic heterocycles. The van der Waals surface area contributed by atoms with Crippen LogP contribution >= 0.6 is 0 Å². The smallest absolute Gasteiger partial charge is 0.287 e. The Morgan fingerprint density at radius 1 is 1.22 bits per heavy atom. The van der Waals surface area contributed by atoms with Crippen LogP contribution in [0, 0.1) is 6.92 Å². The van der Waals surface area contributed by atoms with Crippen LogP contribution in [0.5, 0.6) is 5.75 Å². The third kappa shape index (κ3) is 4.36. The van der Waals surface area contributed by atoms with Gasteiger partial charge in [-0.15, -0.1) is 4.73 Å². The van der Waals surface area contributed by atoms with Gasteiger partial charge in [-0.2, -0.15) is 0 Å². The first kappa shape index (κ1) is 18.7. The number of rotatable bonds is 8. The molecule has 27 heavy (non-hydrogen) atoms. The van der Waals surface area contributed by atoms with Gasteiger partial charge in [0.2, 0.25) is 0 Å². The highest BCUT2D eigenvalue weighted by Crippen LogP contribution is 2.20. The van der Waals surface area contributed by atoms with Crippen molar-refractivity contribution < 1.29 is 9.57 Å². The number of fused-ring (bicyclic) bond motifs is 1. The van der Waals surface area contributed by atoms with Gasteiger partial charge in [0.05, 0.1) is 18.2 Å². The van der Waals surface area contributed by atoms with E-state index in [0.717, 1.165) is 29.5 Å². The molecule has 0 unspecified atom stereocenters. The lowest BCUT2D eigenvalue weighted by Crippen LogP contribution is -2.28. The van der Waals surface area contributed by atoms with Crippen molar-refractivity contribution in [1.82, 2.24) is 14.7 Å². The third-order valence-corrected chi connectivity index (χ3v) is 4.20. The van der Waals surface area contributed by atoms with Crippen molar-refractivity contribution in [3.8, 4) is 5.75 Å². The summed E-state index contributed by atoms with van der Waals surface area (Å²) in [6.07, 6.45) is 3.57. The van der Waals surface area contributed by atoms with Crippen LogP contribution in [-0.4, -0.2) is 28.4 Å². The molecule has 0 amide bonds. The van der Waals surface area contributed by atoms with Crippen LogP contribution in [0.1, 0.15) is 31.2 Å². The van der Waals surface area contributed by atoms with Crippen LogP contribution in [0.3, 0.4) is 0 Å². The number of pyridine rings is 1. The maximum absolute atomic E-state index is 12.6. The number of anilines is 1. The summed E-state index contributed by atoms with van der Waals surface area (Å²) in [4.78, 5) is 26.9. The predicted molar refractivity (Wildman–Crippen MR) is 105 cm³/mol. The highest BCUT2D eigenvalue weighted by atomic mass is 16.7. The molecule has 0 fully saturated rings. The first-order valence-corrected chi connectivity index (χ1v) is 9.02. The lowest BCUT2D eigenvalue weighted by Gasteiger charge is -2.14. The number of hydrogen-bond donors (Lipinski definition) is 1. The van der Waals surface area contributed by atoms with Crippen LogP contribution in [0.4, 0.5) is 5.69 Å². The molecule has 7 heteroatoms. The fourth-order valence-corrected chi connectivity index (χ4v) is 2.68. The topological polar surface area (TPSA) is 78.3 Å². The number of aromatic nitrogens is 3. The Labute approximate surface area is 157 Å². The van der Waals surface area contributed by atoms with Crippen molar-refractivity contribution >= 4 is 16.7 Å². The van der Waals surface area contributed by atoms with E-state index >= 15 is 0 Å². The van der Waals surface area contributed by atoms with Gasteiger partial charge in [0.15, 0.2) is 5.65 Å². The Bertz CT molecular complexity index is 967. The van der Waals surface area contributed by atoms with Crippen molar-refractivity contribution in [3.63, 3.8) is 0 Å². The summed E-state index contributed by atoms with van der Waals surface area (Å²) in [6.45, 7) is 4.89. The third-order valence-electron chi connectivity index (χ3n) is 4.20. The van der Waals surface area contributed by atoms with Crippen LogP contribution in [-0.2, 0) is 6.54 Å². The van der Waals surface area contributed by atoms with E-state index in [9.17, 15) is 4.79 Å². The van der Waals surface area contributed by atoms with E-state index < -0.39 is 0 Å². The van der Waals surface area contributed by atoms with Gasteiger partial charge in [-0.3, -0.25) is 4.79 Å². The Hall–Kier alpha value is -3.09. The van der Waals surface area contributed by atoms with E-state index in [1.54, 1.807) is 20.2 Å². The van der Waals surface area contributed by atoms with E-state index in [0.29, 0.717) is 30.3 Å². The Balaban J connectivity index is 1.90. The number of methoxy groups -OCH3 is 1. The number of nitrogens with one attached hydrogen (secondary N) is 1.